The Morgan fingerprint density at radius 2 is 1.92 bits per heavy atom. The minimum Gasteiger partial charge on any atom is -0.465 e. The van der Waals surface area contributed by atoms with Gasteiger partial charge >= 0.3 is 5.97 Å². The molecule has 3 heteroatoms. The Kier molecular flexibility index (Phi) is 6.53. The van der Waals surface area contributed by atoms with Crippen molar-refractivity contribution in [3.63, 3.8) is 0 Å². The molecule has 0 N–H and O–H groups in total. The van der Waals surface area contributed by atoms with E-state index in [-0.39, 0.29) is 23.2 Å². The normalized spacial score (nSPS) is 22.3. The van der Waals surface area contributed by atoms with Gasteiger partial charge in [0.15, 0.2) is 0 Å². The molecule has 0 spiro atoms. The lowest BCUT2D eigenvalue weighted by molar-refractivity contribution is -0.150. The number of ether oxygens (including phenoxy) is 1. The van der Waals surface area contributed by atoms with Crippen molar-refractivity contribution in [3.8, 4) is 0 Å². The van der Waals surface area contributed by atoms with E-state index in [0.29, 0.717) is 6.61 Å². The summed E-state index contributed by atoms with van der Waals surface area (Å²) in [7, 11) is 0. The summed E-state index contributed by atoms with van der Waals surface area (Å²) in [6.07, 6.45) is 10.4. The number of allylic oxidation sites excluding steroid dienone is 2. The van der Waals surface area contributed by atoms with E-state index in [0.717, 1.165) is 31.4 Å². The predicted octanol–water partition coefficient (Wildman–Crippen LogP) is 4.79. The summed E-state index contributed by atoms with van der Waals surface area (Å²) >= 11 is 0. The van der Waals surface area contributed by atoms with Gasteiger partial charge in [-0.05, 0) is 56.7 Å². The van der Waals surface area contributed by atoms with Crippen molar-refractivity contribution in [2.45, 2.75) is 51.9 Å². The number of nitrogens with zero attached hydrogens (tertiary/aromatic N) is 1. The molecule has 1 aliphatic carbocycles. The highest BCUT2D eigenvalue weighted by Crippen LogP contribution is 2.34. The maximum Gasteiger partial charge on any atom is 0.314 e. The fourth-order valence-corrected chi connectivity index (χ4v) is 4.28. The summed E-state index contributed by atoms with van der Waals surface area (Å²) in [6, 6.07) is 10.1. The second kappa shape index (κ2) is 8.85. The highest BCUT2D eigenvalue weighted by molar-refractivity contribution is 5.79. The number of hydrogen-bond acceptors (Lipinski definition) is 3. The molecule has 1 aliphatic heterocycles. The lowest BCUT2D eigenvalue weighted by Crippen LogP contribution is -2.37. The first-order valence-electron chi connectivity index (χ1n) is 10.2. The Labute approximate surface area is 158 Å². The molecule has 0 bridgehead atoms. The maximum absolute atomic E-state index is 13.1. The summed E-state index contributed by atoms with van der Waals surface area (Å²) in [5, 5.41) is 0. The molecule has 2 unspecified atom stereocenters. The second-order valence-electron chi connectivity index (χ2n) is 8.67. The van der Waals surface area contributed by atoms with Crippen LogP contribution in [-0.2, 0) is 9.53 Å². The molecule has 2 aliphatic rings. The number of carbonyl (C=O) groups is 1. The van der Waals surface area contributed by atoms with E-state index in [2.05, 4.69) is 43.0 Å². The van der Waals surface area contributed by atoms with Gasteiger partial charge in [-0.15, -0.1) is 0 Å². The molecule has 0 saturated carbocycles. The van der Waals surface area contributed by atoms with Crippen molar-refractivity contribution in [3.05, 3.63) is 48.0 Å². The molecule has 1 aromatic rings. The van der Waals surface area contributed by atoms with Crippen molar-refractivity contribution in [2.24, 2.45) is 11.3 Å². The van der Waals surface area contributed by atoms with Gasteiger partial charge in [0.05, 0.1) is 12.5 Å². The highest BCUT2D eigenvalue weighted by atomic mass is 16.5. The van der Waals surface area contributed by atoms with E-state index in [4.69, 9.17) is 4.74 Å². The van der Waals surface area contributed by atoms with Crippen molar-refractivity contribution in [1.82, 2.24) is 4.90 Å². The molecule has 26 heavy (non-hydrogen) atoms. The molecule has 0 radical (unpaired) electrons. The van der Waals surface area contributed by atoms with Crippen LogP contribution in [0.5, 0.6) is 0 Å². The first kappa shape index (κ1) is 19.2. The molecule has 3 nitrogen and oxygen atoms in total. The minimum atomic E-state index is -0.185. The summed E-state index contributed by atoms with van der Waals surface area (Å²) < 4.78 is 5.89. The number of carbonyl (C=O) groups excluding carboxylic acids is 1. The maximum atomic E-state index is 13.1. The Bertz CT molecular complexity index is 602. The third-order valence-corrected chi connectivity index (χ3v) is 5.59. The summed E-state index contributed by atoms with van der Waals surface area (Å²) in [6.45, 7) is 8.25. The van der Waals surface area contributed by atoms with Gasteiger partial charge in [0, 0.05) is 12.0 Å². The standard InChI is InChI=1S/C23H33NO2/c1-23(2,17-24-15-9-10-16-24)18-26-22(25)21(19-11-5-3-6-12-19)20-13-7-4-8-14-20/h3,5-7,11-13,20-21H,4,8-10,14-18H2,1-2H3. The Hall–Kier alpha value is -1.61. The van der Waals surface area contributed by atoms with Crippen molar-refractivity contribution >= 4 is 5.97 Å². The van der Waals surface area contributed by atoms with Gasteiger partial charge in [-0.25, -0.2) is 0 Å². The van der Waals surface area contributed by atoms with Crippen LogP contribution in [0.15, 0.2) is 42.5 Å². The molecule has 0 amide bonds. The van der Waals surface area contributed by atoms with E-state index in [9.17, 15) is 4.79 Å². The average molecular weight is 356 g/mol. The molecule has 3 rings (SSSR count). The molecule has 1 fully saturated rings. The zero-order valence-corrected chi connectivity index (χ0v) is 16.3. The van der Waals surface area contributed by atoms with Gasteiger partial charge in [-0.1, -0.05) is 56.3 Å². The quantitative estimate of drug-likeness (QED) is 0.520. The predicted molar refractivity (Wildman–Crippen MR) is 106 cm³/mol. The number of hydrogen-bond donors (Lipinski definition) is 0. The Balaban J connectivity index is 1.65. The van der Waals surface area contributed by atoms with Crippen LogP contribution < -0.4 is 0 Å². The molecule has 1 aromatic carbocycles. The SMILES string of the molecule is CC(C)(COC(=O)C(c1ccccc1)C1C=CCCC1)CN1CCCC1. The van der Waals surface area contributed by atoms with E-state index in [1.807, 2.05) is 18.2 Å². The number of likely N-dealkylation sites (tertiary alicyclic amines) is 1. The molecule has 0 aromatic heterocycles. The van der Waals surface area contributed by atoms with Crippen molar-refractivity contribution in [2.75, 3.05) is 26.2 Å². The highest BCUT2D eigenvalue weighted by Gasteiger charge is 2.32. The van der Waals surface area contributed by atoms with Crippen molar-refractivity contribution in [1.29, 1.82) is 0 Å². The van der Waals surface area contributed by atoms with E-state index in [1.54, 1.807) is 0 Å². The first-order chi connectivity index (χ1) is 12.6. The summed E-state index contributed by atoms with van der Waals surface area (Å²) in [4.78, 5) is 15.5. The van der Waals surface area contributed by atoms with Crippen LogP contribution in [-0.4, -0.2) is 37.1 Å². The minimum absolute atomic E-state index is 0.0103. The van der Waals surface area contributed by atoms with E-state index in [1.165, 1.54) is 25.9 Å². The largest absolute Gasteiger partial charge is 0.465 e. The zero-order valence-electron chi connectivity index (χ0n) is 16.3. The molecular weight excluding hydrogens is 322 g/mol. The Morgan fingerprint density at radius 3 is 2.58 bits per heavy atom. The van der Waals surface area contributed by atoms with Gasteiger partial charge in [0.2, 0.25) is 0 Å². The topological polar surface area (TPSA) is 29.5 Å². The molecular formula is C23H33NO2. The number of benzene rings is 1. The fraction of sp³-hybridized carbons (Fsp3) is 0.609. The zero-order chi connectivity index (χ0) is 18.4. The third kappa shape index (κ3) is 5.20. The lowest BCUT2D eigenvalue weighted by atomic mass is 9.80. The van der Waals surface area contributed by atoms with Gasteiger partial charge in [-0.3, -0.25) is 4.79 Å². The van der Waals surface area contributed by atoms with Crippen LogP contribution in [0.1, 0.15) is 57.4 Å². The smallest absolute Gasteiger partial charge is 0.314 e. The lowest BCUT2D eigenvalue weighted by Gasteiger charge is -2.31. The third-order valence-electron chi connectivity index (χ3n) is 5.59. The van der Waals surface area contributed by atoms with Crippen LogP contribution in [0.3, 0.4) is 0 Å². The molecule has 1 saturated heterocycles. The second-order valence-corrected chi connectivity index (χ2v) is 8.67. The number of esters is 1. The van der Waals surface area contributed by atoms with E-state index >= 15 is 0 Å². The van der Waals surface area contributed by atoms with Gasteiger partial charge < -0.3 is 9.64 Å². The summed E-state index contributed by atoms with van der Waals surface area (Å²) in [5.74, 6) is -0.00192. The molecule has 2 atom stereocenters. The van der Waals surface area contributed by atoms with Gasteiger partial charge in [0.1, 0.15) is 0 Å². The van der Waals surface area contributed by atoms with Crippen molar-refractivity contribution < 1.29 is 9.53 Å². The van der Waals surface area contributed by atoms with Gasteiger partial charge in [0.25, 0.3) is 0 Å². The Morgan fingerprint density at radius 1 is 1.19 bits per heavy atom. The van der Waals surface area contributed by atoms with Crippen LogP contribution in [0, 0.1) is 11.3 Å². The number of rotatable bonds is 7. The molecule has 1 heterocycles. The average Bonchev–Trinajstić information content (AvgIpc) is 3.14. The van der Waals surface area contributed by atoms with E-state index < -0.39 is 0 Å². The first-order valence-corrected chi connectivity index (χ1v) is 10.2. The van der Waals surface area contributed by atoms with Gasteiger partial charge in [-0.2, -0.15) is 0 Å². The fourth-order valence-electron chi connectivity index (χ4n) is 4.28. The van der Waals surface area contributed by atoms with Crippen LogP contribution in [0.25, 0.3) is 0 Å². The van der Waals surface area contributed by atoms with Crippen LogP contribution >= 0.6 is 0 Å². The van der Waals surface area contributed by atoms with Crippen LogP contribution in [0.2, 0.25) is 0 Å². The molecule has 142 valence electrons. The monoisotopic (exact) mass is 355 g/mol. The summed E-state index contributed by atoms with van der Waals surface area (Å²) in [5.41, 5.74) is 1.07. The van der Waals surface area contributed by atoms with Crippen LogP contribution in [0.4, 0.5) is 0 Å².